The van der Waals surface area contributed by atoms with Crippen molar-refractivity contribution in [3.8, 4) is 0 Å². The van der Waals surface area contributed by atoms with E-state index in [0.29, 0.717) is 16.2 Å². The molecule has 1 rings (SSSR count). The summed E-state index contributed by atoms with van der Waals surface area (Å²) in [6, 6.07) is 0. The molecule has 0 N–H and O–H groups in total. The molecule has 0 unspecified atom stereocenters. The molecule has 0 aliphatic heterocycles. The second kappa shape index (κ2) is 3.63. The lowest BCUT2D eigenvalue weighted by molar-refractivity contribution is 0.0745. The maximum Gasteiger partial charge on any atom is -0.0200 e. The maximum atomic E-state index is 2.38. The first kappa shape index (κ1) is 15.5. The summed E-state index contributed by atoms with van der Waals surface area (Å²) in [5, 5.41) is 0. The van der Waals surface area contributed by atoms with Crippen molar-refractivity contribution in [1.82, 2.24) is 0 Å². The van der Waals surface area contributed by atoms with Crippen molar-refractivity contribution >= 4 is 0 Å². The number of rotatable bonds is 0. The molecular weight excluding hydrogens is 156 g/mol. The van der Waals surface area contributed by atoms with Crippen LogP contribution in [0.1, 0.15) is 69.2 Å². The van der Waals surface area contributed by atoms with Gasteiger partial charge in [-0.15, -0.1) is 0 Å². The van der Waals surface area contributed by atoms with Gasteiger partial charge in [0, 0.05) is 0 Å². The van der Waals surface area contributed by atoms with Gasteiger partial charge in [-0.25, -0.2) is 0 Å². The molecule has 0 atom stereocenters. The summed E-state index contributed by atoms with van der Waals surface area (Å²) in [6.45, 7) is 14.3. The zero-order chi connectivity index (χ0) is 8.91. The Labute approximate surface area is 86.1 Å². The minimum absolute atomic E-state index is 0. The van der Waals surface area contributed by atoms with Gasteiger partial charge >= 0.3 is 0 Å². The summed E-state index contributed by atoms with van der Waals surface area (Å²) in [5.41, 5.74) is 1.61. The second-order valence-corrected chi connectivity index (χ2v) is 6.08. The molecule has 0 radical (unpaired) electrons. The fraction of sp³-hybridized carbons (Fsp3) is 1.00. The van der Waals surface area contributed by atoms with Crippen molar-refractivity contribution in [2.45, 2.75) is 69.2 Å². The third-order valence-electron chi connectivity index (χ3n) is 3.62. The van der Waals surface area contributed by atoms with Gasteiger partial charge in [0.2, 0.25) is 0 Å². The Morgan fingerprint density at radius 1 is 0.692 bits per heavy atom. The summed E-state index contributed by atoms with van der Waals surface area (Å²) in [4.78, 5) is 0. The predicted octanol–water partition coefficient (Wildman–Crippen LogP) is 5.13. The Hall–Kier alpha value is 0. The topological polar surface area (TPSA) is 0 Å². The molecular formula is C13H30. The highest BCUT2D eigenvalue weighted by Gasteiger charge is 2.58. The SMILES string of the molecule is C.C.CC(C)(C)C1(C(C)(C)C)CC1. The molecule has 0 heteroatoms. The van der Waals surface area contributed by atoms with Crippen molar-refractivity contribution < 1.29 is 0 Å². The van der Waals surface area contributed by atoms with Gasteiger partial charge in [0.05, 0.1) is 0 Å². The van der Waals surface area contributed by atoms with Gasteiger partial charge in [-0.3, -0.25) is 0 Å². The highest BCUT2D eigenvalue weighted by atomic mass is 14.6. The van der Waals surface area contributed by atoms with Crippen LogP contribution in [-0.2, 0) is 0 Å². The van der Waals surface area contributed by atoms with E-state index in [-0.39, 0.29) is 14.9 Å². The molecule has 0 heterocycles. The lowest BCUT2D eigenvalue weighted by atomic mass is 9.63. The third kappa shape index (κ3) is 2.27. The average Bonchev–Trinajstić information content (AvgIpc) is 2.31. The Morgan fingerprint density at radius 3 is 0.923 bits per heavy atom. The van der Waals surface area contributed by atoms with Crippen molar-refractivity contribution in [2.24, 2.45) is 16.2 Å². The lowest BCUT2D eigenvalue weighted by Gasteiger charge is -2.41. The average molecular weight is 186 g/mol. The largest absolute Gasteiger partial charge is 0.0776 e. The van der Waals surface area contributed by atoms with Gasteiger partial charge in [-0.1, -0.05) is 56.4 Å². The van der Waals surface area contributed by atoms with E-state index in [2.05, 4.69) is 41.5 Å². The standard InChI is InChI=1S/C11H22.2CH4/c1-9(2,3)11(7-8-11)10(4,5)6;;/h7-8H2,1-6H3;2*1H4. The molecule has 0 amide bonds. The molecule has 0 spiro atoms. The first-order valence-corrected chi connectivity index (χ1v) is 4.71. The predicted molar refractivity (Wildman–Crippen MR) is 64.0 cm³/mol. The molecule has 0 aromatic heterocycles. The molecule has 0 saturated heterocycles. The van der Waals surface area contributed by atoms with Crippen LogP contribution in [-0.4, -0.2) is 0 Å². The van der Waals surface area contributed by atoms with E-state index >= 15 is 0 Å². The monoisotopic (exact) mass is 186 g/mol. The van der Waals surface area contributed by atoms with Crippen LogP contribution >= 0.6 is 0 Å². The number of hydrogen-bond acceptors (Lipinski definition) is 0. The minimum Gasteiger partial charge on any atom is -0.0776 e. The highest BCUT2D eigenvalue weighted by Crippen LogP contribution is 2.67. The lowest BCUT2D eigenvalue weighted by Crippen LogP contribution is -2.34. The molecule has 82 valence electrons. The first-order chi connectivity index (χ1) is 4.71. The molecule has 0 nitrogen and oxygen atoms in total. The van der Waals surface area contributed by atoms with Crippen molar-refractivity contribution in [3.63, 3.8) is 0 Å². The fourth-order valence-electron chi connectivity index (χ4n) is 2.75. The summed E-state index contributed by atoms with van der Waals surface area (Å²) >= 11 is 0. The zero-order valence-electron chi connectivity index (χ0n) is 8.91. The van der Waals surface area contributed by atoms with Crippen molar-refractivity contribution in [3.05, 3.63) is 0 Å². The van der Waals surface area contributed by atoms with Crippen LogP contribution in [0.4, 0.5) is 0 Å². The normalized spacial score (nSPS) is 19.8. The van der Waals surface area contributed by atoms with E-state index in [0.717, 1.165) is 0 Å². The van der Waals surface area contributed by atoms with E-state index in [1.807, 2.05) is 0 Å². The molecule has 0 aromatic carbocycles. The highest BCUT2D eigenvalue weighted by molar-refractivity contribution is 5.08. The number of hydrogen-bond donors (Lipinski definition) is 0. The molecule has 1 fully saturated rings. The second-order valence-electron chi connectivity index (χ2n) is 6.08. The minimum atomic E-state index is 0. The first-order valence-electron chi connectivity index (χ1n) is 4.71. The maximum absolute atomic E-state index is 2.38. The Balaban J connectivity index is 0. The van der Waals surface area contributed by atoms with Crippen LogP contribution in [0, 0.1) is 16.2 Å². The van der Waals surface area contributed by atoms with Crippen LogP contribution in [0.5, 0.6) is 0 Å². The zero-order valence-corrected chi connectivity index (χ0v) is 8.91. The molecule has 13 heavy (non-hydrogen) atoms. The van der Waals surface area contributed by atoms with E-state index in [9.17, 15) is 0 Å². The van der Waals surface area contributed by atoms with Gasteiger partial charge in [-0.05, 0) is 29.1 Å². The van der Waals surface area contributed by atoms with Crippen molar-refractivity contribution in [2.75, 3.05) is 0 Å². The van der Waals surface area contributed by atoms with Crippen LogP contribution in [0.3, 0.4) is 0 Å². The van der Waals surface area contributed by atoms with Crippen LogP contribution in [0.15, 0.2) is 0 Å². The Morgan fingerprint density at radius 2 is 0.923 bits per heavy atom. The van der Waals surface area contributed by atoms with E-state index in [1.165, 1.54) is 12.8 Å². The Bertz CT molecular complexity index is 132. The van der Waals surface area contributed by atoms with Gasteiger partial charge in [0.25, 0.3) is 0 Å². The molecule has 0 bridgehead atoms. The van der Waals surface area contributed by atoms with Crippen LogP contribution in [0.2, 0.25) is 0 Å². The van der Waals surface area contributed by atoms with E-state index in [4.69, 9.17) is 0 Å². The molecule has 1 aliphatic rings. The molecule has 1 aliphatic carbocycles. The van der Waals surface area contributed by atoms with Gasteiger partial charge in [0.1, 0.15) is 0 Å². The quantitative estimate of drug-likeness (QED) is 0.492. The summed E-state index contributed by atoms with van der Waals surface area (Å²) < 4.78 is 0. The van der Waals surface area contributed by atoms with E-state index in [1.54, 1.807) is 0 Å². The van der Waals surface area contributed by atoms with Gasteiger partial charge in [-0.2, -0.15) is 0 Å². The summed E-state index contributed by atoms with van der Waals surface area (Å²) in [7, 11) is 0. The van der Waals surface area contributed by atoms with Gasteiger partial charge < -0.3 is 0 Å². The third-order valence-corrected chi connectivity index (χ3v) is 3.62. The Kier molecular flexibility index (Phi) is 4.32. The van der Waals surface area contributed by atoms with Crippen molar-refractivity contribution in [1.29, 1.82) is 0 Å². The van der Waals surface area contributed by atoms with Gasteiger partial charge in [0.15, 0.2) is 0 Å². The van der Waals surface area contributed by atoms with Crippen LogP contribution in [0.25, 0.3) is 0 Å². The molecule has 1 saturated carbocycles. The smallest absolute Gasteiger partial charge is 0.0200 e. The molecule has 0 aromatic rings. The fourth-order valence-corrected chi connectivity index (χ4v) is 2.75. The van der Waals surface area contributed by atoms with Crippen LogP contribution < -0.4 is 0 Å². The summed E-state index contributed by atoms with van der Waals surface area (Å²) in [5.74, 6) is 0. The summed E-state index contributed by atoms with van der Waals surface area (Å²) in [6.07, 6.45) is 2.86. The van der Waals surface area contributed by atoms with E-state index < -0.39 is 0 Å².